The molecule has 5 nitrogen and oxygen atoms in total. The molecule has 2 aliphatic heterocycles. The van der Waals surface area contributed by atoms with Crippen molar-refractivity contribution < 1.29 is 9.59 Å². The number of piperidine rings is 1. The van der Waals surface area contributed by atoms with Gasteiger partial charge in [-0.05, 0) is 46.0 Å². The van der Waals surface area contributed by atoms with Crippen molar-refractivity contribution in [3.05, 3.63) is 34.0 Å². The predicted octanol–water partition coefficient (Wildman–Crippen LogP) is 3.66. The highest BCUT2D eigenvalue weighted by Gasteiger charge is 2.47. The molecule has 6 heteroatoms. The van der Waals surface area contributed by atoms with E-state index < -0.39 is 0 Å². The van der Waals surface area contributed by atoms with Crippen molar-refractivity contribution in [3.8, 4) is 0 Å². The molecule has 3 rings (SSSR count). The second-order valence-electron chi connectivity index (χ2n) is 8.27. The number of likely N-dealkylation sites (tertiary alicyclic amines) is 2. The fourth-order valence-corrected chi connectivity index (χ4v) is 4.44. The Morgan fingerprint density at radius 3 is 2.25 bits per heavy atom. The van der Waals surface area contributed by atoms with E-state index >= 15 is 0 Å². The molecule has 2 amide bonds. The smallest absolute Gasteiger partial charge is 0.263 e. The van der Waals surface area contributed by atoms with Crippen LogP contribution in [0.1, 0.15) is 47.7 Å². The minimum absolute atomic E-state index is 0.109. The summed E-state index contributed by atoms with van der Waals surface area (Å²) in [7, 11) is 3.97. The van der Waals surface area contributed by atoms with Gasteiger partial charge in [0.1, 0.15) is 0 Å². The lowest BCUT2D eigenvalue weighted by atomic mass is 9.72. The first kappa shape index (κ1) is 22.6. The molecule has 0 unspecified atom stereocenters. The topological polar surface area (TPSA) is 43.9 Å². The maximum Gasteiger partial charge on any atom is 0.263 e. The zero-order valence-electron chi connectivity index (χ0n) is 18.0. The number of carbonyl (C=O) groups is 2. The molecule has 2 fully saturated rings. The summed E-state index contributed by atoms with van der Waals surface area (Å²) in [6.45, 7) is 10.3. The Morgan fingerprint density at radius 1 is 1.14 bits per heavy atom. The monoisotopic (exact) mass is 405 g/mol. The Bertz CT molecular complexity index is 680. The Labute approximate surface area is 174 Å². The van der Waals surface area contributed by atoms with Gasteiger partial charge in [0.2, 0.25) is 5.91 Å². The molecule has 3 heterocycles. The molecule has 0 N–H and O–H groups in total. The van der Waals surface area contributed by atoms with Crippen molar-refractivity contribution >= 4 is 23.2 Å². The summed E-state index contributed by atoms with van der Waals surface area (Å²) in [5.41, 5.74) is 0.228. The van der Waals surface area contributed by atoms with Gasteiger partial charge in [0.25, 0.3) is 5.91 Å². The van der Waals surface area contributed by atoms with Crippen molar-refractivity contribution in [2.24, 2.45) is 5.41 Å². The second-order valence-corrected chi connectivity index (χ2v) is 9.56. The maximum absolute atomic E-state index is 12.5. The molecule has 1 spiro atoms. The largest absolute Gasteiger partial charge is 0.339 e. The van der Waals surface area contributed by atoms with E-state index in [1.54, 1.807) is 17.4 Å². The highest BCUT2D eigenvalue weighted by atomic mass is 32.1. The predicted molar refractivity (Wildman–Crippen MR) is 117 cm³/mol. The van der Waals surface area contributed by atoms with E-state index in [2.05, 4.69) is 13.8 Å². The van der Waals surface area contributed by atoms with E-state index in [0.29, 0.717) is 0 Å². The molecule has 156 valence electrons. The molecular formula is C22H35N3O2S. The molecule has 1 aromatic rings. The van der Waals surface area contributed by atoms with Gasteiger partial charge in [0.05, 0.1) is 4.88 Å². The van der Waals surface area contributed by atoms with E-state index in [-0.39, 0.29) is 17.2 Å². The van der Waals surface area contributed by atoms with E-state index in [1.807, 2.05) is 53.9 Å². The van der Waals surface area contributed by atoms with Gasteiger partial charge in [-0.25, -0.2) is 0 Å². The number of aryl methyl sites for hydroxylation is 1. The highest BCUT2D eigenvalue weighted by molar-refractivity contribution is 7.13. The van der Waals surface area contributed by atoms with E-state index in [1.165, 1.54) is 11.3 Å². The second kappa shape index (κ2) is 10.2. The van der Waals surface area contributed by atoms with Gasteiger partial charge in [-0.2, -0.15) is 0 Å². The Hall–Kier alpha value is -1.66. The zero-order chi connectivity index (χ0) is 20.7. The summed E-state index contributed by atoms with van der Waals surface area (Å²) in [6.07, 6.45) is 6.84. The quantitative estimate of drug-likeness (QED) is 0.718. The SMILES string of the molecule is CCC.Cc1ccc(C(=O)N2CC3(CCN(C(=O)/C=C/CN(C)C)CC3)C2)s1. The van der Waals surface area contributed by atoms with Crippen LogP contribution in [0.4, 0.5) is 0 Å². The first-order valence-corrected chi connectivity index (χ1v) is 11.1. The minimum atomic E-state index is 0.109. The first-order chi connectivity index (χ1) is 13.3. The van der Waals surface area contributed by atoms with Crippen molar-refractivity contribution in [2.75, 3.05) is 46.8 Å². The van der Waals surface area contributed by atoms with Crippen LogP contribution in [0.5, 0.6) is 0 Å². The van der Waals surface area contributed by atoms with Crippen LogP contribution in [0, 0.1) is 12.3 Å². The van der Waals surface area contributed by atoms with E-state index in [9.17, 15) is 9.59 Å². The van der Waals surface area contributed by atoms with Gasteiger partial charge in [-0.3, -0.25) is 9.59 Å². The number of likely N-dealkylation sites (N-methyl/N-ethyl adjacent to an activating group) is 1. The number of hydrogen-bond acceptors (Lipinski definition) is 4. The van der Waals surface area contributed by atoms with Gasteiger partial charge >= 0.3 is 0 Å². The average Bonchev–Trinajstić information content (AvgIpc) is 3.06. The summed E-state index contributed by atoms with van der Waals surface area (Å²) in [4.78, 5) is 32.6. The molecule has 2 aliphatic rings. The molecule has 0 radical (unpaired) electrons. The molecule has 2 saturated heterocycles. The first-order valence-electron chi connectivity index (χ1n) is 10.3. The van der Waals surface area contributed by atoms with Crippen LogP contribution in [0.15, 0.2) is 24.3 Å². The van der Waals surface area contributed by atoms with Crippen molar-refractivity contribution in [1.29, 1.82) is 0 Å². The van der Waals surface area contributed by atoms with Crippen LogP contribution in [0.2, 0.25) is 0 Å². The summed E-state index contributed by atoms with van der Waals surface area (Å²) in [6, 6.07) is 3.93. The minimum Gasteiger partial charge on any atom is -0.339 e. The third-order valence-electron chi connectivity index (χ3n) is 5.16. The van der Waals surface area contributed by atoms with Crippen molar-refractivity contribution in [1.82, 2.24) is 14.7 Å². The Kier molecular flexibility index (Phi) is 8.25. The van der Waals surface area contributed by atoms with Gasteiger partial charge in [0.15, 0.2) is 0 Å². The third-order valence-corrected chi connectivity index (χ3v) is 6.15. The summed E-state index contributed by atoms with van der Waals surface area (Å²) in [5, 5.41) is 0. The number of thiophene rings is 1. The van der Waals surface area contributed by atoms with Gasteiger partial charge < -0.3 is 14.7 Å². The van der Waals surface area contributed by atoms with Crippen LogP contribution in [0.3, 0.4) is 0 Å². The highest BCUT2D eigenvalue weighted by Crippen LogP contribution is 2.41. The molecule has 0 atom stereocenters. The number of hydrogen-bond donors (Lipinski definition) is 0. The Morgan fingerprint density at radius 2 is 1.75 bits per heavy atom. The number of carbonyl (C=O) groups excluding carboxylic acids is 2. The molecule has 0 aliphatic carbocycles. The van der Waals surface area contributed by atoms with Crippen molar-refractivity contribution in [2.45, 2.75) is 40.0 Å². The maximum atomic E-state index is 12.5. The van der Waals surface area contributed by atoms with E-state index in [0.717, 1.165) is 50.4 Å². The van der Waals surface area contributed by atoms with Gasteiger partial charge in [-0.15, -0.1) is 11.3 Å². The van der Waals surface area contributed by atoms with Crippen molar-refractivity contribution in [3.63, 3.8) is 0 Å². The fraction of sp³-hybridized carbons (Fsp3) is 0.636. The third kappa shape index (κ3) is 5.92. The lowest BCUT2D eigenvalue weighted by Crippen LogP contribution is -2.62. The summed E-state index contributed by atoms with van der Waals surface area (Å²) in [5.74, 6) is 0.270. The molecule has 0 bridgehead atoms. The number of nitrogens with zero attached hydrogens (tertiary/aromatic N) is 3. The van der Waals surface area contributed by atoms with Gasteiger partial charge in [0, 0.05) is 49.1 Å². The lowest BCUT2D eigenvalue weighted by Gasteiger charge is -2.53. The molecule has 1 aromatic heterocycles. The summed E-state index contributed by atoms with van der Waals surface area (Å²) < 4.78 is 0. The molecule has 0 aromatic carbocycles. The summed E-state index contributed by atoms with van der Waals surface area (Å²) >= 11 is 1.57. The van der Waals surface area contributed by atoms with Crippen LogP contribution in [-0.4, -0.2) is 73.3 Å². The van der Waals surface area contributed by atoms with Crippen LogP contribution >= 0.6 is 11.3 Å². The Balaban J connectivity index is 0.000000878. The van der Waals surface area contributed by atoms with E-state index in [4.69, 9.17) is 0 Å². The molecule has 0 saturated carbocycles. The number of amides is 2. The molecule has 28 heavy (non-hydrogen) atoms. The average molecular weight is 406 g/mol. The normalized spacial score (nSPS) is 18.2. The zero-order valence-corrected chi connectivity index (χ0v) is 18.8. The fourth-order valence-electron chi connectivity index (χ4n) is 3.60. The van der Waals surface area contributed by atoms with Gasteiger partial charge in [-0.1, -0.05) is 26.3 Å². The molecular weight excluding hydrogens is 370 g/mol. The number of rotatable bonds is 4. The van der Waals surface area contributed by atoms with Crippen LogP contribution in [0.25, 0.3) is 0 Å². The van der Waals surface area contributed by atoms with Crippen LogP contribution < -0.4 is 0 Å². The standard InChI is InChI=1S/C19H27N3O2S.C3H8/c1-15-6-7-16(25-15)18(24)22-13-19(14-22)8-11-21(12-9-19)17(23)5-4-10-20(2)3;1-3-2/h4-7H,8-14H2,1-3H3;3H2,1-2H3/b5-4+;. The van der Waals surface area contributed by atoms with Crippen LogP contribution in [-0.2, 0) is 4.79 Å². The lowest BCUT2D eigenvalue weighted by molar-refractivity contribution is -0.130.